The Balaban J connectivity index is 3.35. The summed E-state index contributed by atoms with van der Waals surface area (Å²) in [6.07, 6.45) is 0.749. The first-order chi connectivity index (χ1) is 6.02. The second-order valence-electron chi connectivity index (χ2n) is 1.94. The summed E-state index contributed by atoms with van der Waals surface area (Å²) in [5.41, 5.74) is -1.40. The van der Waals surface area contributed by atoms with Crippen LogP contribution in [0.5, 0.6) is 0 Å². The van der Waals surface area contributed by atoms with Crippen LogP contribution in [0.2, 0.25) is 5.28 Å². The molecule has 0 atom stereocenters. The van der Waals surface area contributed by atoms with E-state index < -0.39 is 22.3 Å². The van der Waals surface area contributed by atoms with Crippen molar-refractivity contribution in [3.63, 3.8) is 0 Å². The molecule has 0 saturated carbocycles. The largest absolute Gasteiger partial charge is 0.476 e. The van der Waals surface area contributed by atoms with Gasteiger partial charge in [0.15, 0.2) is 0 Å². The fourth-order valence-corrected chi connectivity index (χ4v) is 0.778. The Morgan fingerprint density at radius 2 is 2.31 bits per heavy atom. The van der Waals surface area contributed by atoms with Crippen molar-refractivity contribution in [1.82, 2.24) is 9.97 Å². The molecule has 1 rings (SSSR count). The van der Waals surface area contributed by atoms with Crippen LogP contribution in [0.4, 0.5) is 5.69 Å². The summed E-state index contributed by atoms with van der Waals surface area (Å²) in [6.45, 7) is 0. The van der Waals surface area contributed by atoms with E-state index in [2.05, 4.69) is 9.97 Å². The van der Waals surface area contributed by atoms with Gasteiger partial charge in [-0.05, 0) is 11.6 Å². The summed E-state index contributed by atoms with van der Waals surface area (Å²) in [5, 5.41) is 18.4. The zero-order valence-electron chi connectivity index (χ0n) is 5.97. The highest BCUT2D eigenvalue weighted by Crippen LogP contribution is 2.16. The molecule has 0 spiro atoms. The first kappa shape index (κ1) is 9.33. The van der Waals surface area contributed by atoms with Gasteiger partial charge in [0.1, 0.15) is 6.20 Å². The first-order valence-electron chi connectivity index (χ1n) is 2.92. The van der Waals surface area contributed by atoms with Crippen LogP contribution in [0, 0.1) is 10.1 Å². The minimum atomic E-state index is -1.52. The summed E-state index contributed by atoms with van der Waals surface area (Å²) in [6, 6.07) is 0. The normalized spacial score (nSPS) is 9.62. The third-order valence-electron chi connectivity index (χ3n) is 1.14. The number of aromatic nitrogens is 2. The van der Waals surface area contributed by atoms with Crippen LogP contribution in [0.1, 0.15) is 10.5 Å². The predicted octanol–water partition coefficient (Wildman–Crippen LogP) is 0.736. The summed E-state index contributed by atoms with van der Waals surface area (Å²) in [4.78, 5) is 26.3. The van der Waals surface area contributed by atoms with E-state index in [0.717, 1.165) is 6.20 Å². The number of rotatable bonds is 2. The van der Waals surface area contributed by atoms with Gasteiger partial charge < -0.3 is 5.11 Å². The molecule has 1 N–H and O–H groups in total. The standard InChI is InChI=1S/C5H2ClN3O4/c6-5-7-1-2(9(12)13)3(8-5)4(10)11/h1H,(H,10,11). The molecule has 0 amide bonds. The number of hydrogen-bond donors (Lipinski definition) is 1. The first-order valence-corrected chi connectivity index (χ1v) is 3.30. The van der Waals surface area contributed by atoms with Crippen molar-refractivity contribution in [2.24, 2.45) is 0 Å². The third-order valence-corrected chi connectivity index (χ3v) is 1.32. The van der Waals surface area contributed by atoms with Gasteiger partial charge in [0.25, 0.3) is 0 Å². The van der Waals surface area contributed by atoms with Gasteiger partial charge in [-0.3, -0.25) is 10.1 Å². The highest BCUT2D eigenvalue weighted by atomic mass is 35.5. The molecule has 0 radical (unpaired) electrons. The number of halogens is 1. The van der Waals surface area contributed by atoms with Crippen LogP contribution < -0.4 is 0 Å². The molecule has 8 heteroatoms. The van der Waals surface area contributed by atoms with E-state index in [9.17, 15) is 14.9 Å². The van der Waals surface area contributed by atoms with Crippen LogP contribution >= 0.6 is 11.6 Å². The SMILES string of the molecule is O=C(O)c1nc(Cl)ncc1[N+](=O)[O-]. The van der Waals surface area contributed by atoms with Crippen LogP contribution in [-0.2, 0) is 0 Å². The number of aromatic carboxylic acids is 1. The Kier molecular flexibility index (Phi) is 2.38. The van der Waals surface area contributed by atoms with E-state index in [1.807, 2.05) is 0 Å². The van der Waals surface area contributed by atoms with Gasteiger partial charge in [-0.2, -0.15) is 0 Å². The van der Waals surface area contributed by atoms with Crippen molar-refractivity contribution in [2.45, 2.75) is 0 Å². The third kappa shape index (κ3) is 1.88. The molecule has 13 heavy (non-hydrogen) atoms. The number of nitrogens with zero attached hydrogens (tertiary/aromatic N) is 3. The number of carboxylic acids is 1. The number of carboxylic acid groups (broad SMARTS) is 1. The van der Waals surface area contributed by atoms with Crippen LogP contribution in [0.15, 0.2) is 6.20 Å². The van der Waals surface area contributed by atoms with E-state index in [1.165, 1.54) is 0 Å². The molecule has 68 valence electrons. The average Bonchev–Trinajstić information content (AvgIpc) is 2.03. The Bertz CT molecular complexity index is 380. The zero-order chi connectivity index (χ0) is 10.0. The number of hydrogen-bond acceptors (Lipinski definition) is 5. The Morgan fingerprint density at radius 1 is 1.69 bits per heavy atom. The van der Waals surface area contributed by atoms with E-state index in [1.54, 1.807) is 0 Å². The Morgan fingerprint density at radius 3 is 2.77 bits per heavy atom. The van der Waals surface area contributed by atoms with Gasteiger partial charge in [-0.25, -0.2) is 14.8 Å². The maximum absolute atomic E-state index is 10.4. The molecule has 0 aliphatic heterocycles. The summed E-state index contributed by atoms with van der Waals surface area (Å²) in [7, 11) is 0. The topological polar surface area (TPSA) is 106 Å². The second kappa shape index (κ2) is 3.31. The minimum Gasteiger partial charge on any atom is -0.476 e. The number of carbonyl (C=O) groups is 1. The van der Waals surface area contributed by atoms with Crippen molar-refractivity contribution >= 4 is 23.3 Å². The molecule has 0 aliphatic carbocycles. The van der Waals surface area contributed by atoms with Crippen molar-refractivity contribution in [1.29, 1.82) is 0 Å². The lowest BCUT2D eigenvalue weighted by atomic mass is 10.3. The molecule has 1 aromatic heterocycles. The van der Waals surface area contributed by atoms with Gasteiger partial charge in [-0.15, -0.1) is 0 Å². The molecule has 0 bridgehead atoms. The van der Waals surface area contributed by atoms with Crippen LogP contribution in [-0.4, -0.2) is 26.0 Å². The quantitative estimate of drug-likeness (QED) is 0.432. The van der Waals surface area contributed by atoms with Crippen molar-refractivity contribution in [3.05, 3.63) is 27.3 Å². The maximum atomic E-state index is 10.4. The lowest BCUT2D eigenvalue weighted by Crippen LogP contribution is -2.06. The van der Waals surface area contributed by atoms with E-state index in [-0.39, 0.29) is 5.28 Å². The second-order valence-corrected chi connectivity index (χ2v) is 2.27. The highest BCUT2D eigenvalue weighted by molar-refractivity contribution is 6.28. The molecule has 0 fully saturated rings. The van der Waals surface area contributed by atoms with Crippen LogP contribution in [0.3, 0.4) is 0 Å². The van der Waals surface area contributed by atoms with Crippen molar-refractivity contribution in [2.75, 3.05) is 0 Å². The van der Waals surface area contributed by atoms with Gasteiger partial charge in [-0.1, -0.05) is 0 Å². The lowest BCUT2D eigenvalue weighted by Gasteiger charge is -1.95. The molecule has 1 heterocycles. The van der Waals surface area contributed by atoms with Gasteiger partial charge >= 0.3 is 11.7 Å². The smallest absolute Gasteiger partial charge is 0.361 e. The molecule has 7 nitrogen and oxygen atoms in total. The van der Waals surface area contributed by atoms with E-state index in [4.69, 9.17) is 16.7 Å². The Labute approximate surface area is 76.1 Å². The fourth-order valence-electron chi connectivity index (χ4n) is 0.645. The molecule has 1 aromatic rings. The van der Waals surface area contributed by atoms with Crippen molar-refractivity contribution < 1.29 is 14.8 Å². The van der Waals surface area contributed by atoms with Crippen molar-refractivity contribution in [3.8, 4) is 0 Å². The molecule has 0 saturated heterocycles. The lowest BCUT2D eigenvalue weighted by molar-refractivity contribution is -0.385. The highest BCUT2D eigenvalue weighted by Gasteiger charge is 2.22. The van der Waals surface area contributed by atoms with E-state index in [0.29, 0.717) is 0 Å². The Hall–Kier alpha value is -1.76. The average molecular weight is 204 g/mol. The van der Waals surface area contributed by atoms with E-state index >= 15 is 0 Å². The number of nitro groups is 1. The summed E-state index contributed by atoms with van der Waals surface area (Å²) < 4.78 is 0. The van der Waals surface area contributed by atoms with Gasteiger partial charge in [0.05, 0.1) is 4.92 Å². The van der Waals surface area contributed by atoms with Crippen LogP contribution in [0.25, 0.3) is 0 Å². The monoisotopic (exact) mass is 203 g/mol. The van der Waals surface area contributed by atoms with Gasteiger partial charge in [0.2, 0.25) is 11.0 Å². The molecular weight excluding hydrogens is 202 g/mol. The molecular formula is C5H2ClN3O4. The predicted molar refractivity (Wildman–Crippen MR) is 40.7 cm³/mol. The molecule has 0 aromatic carbocycles. The van der Waals surface area contributed by atoms with Gasteiger partial charge in [0, 0.05) is 0 Å². The summed E-state index contributed by atoms with van der Waals surface area (Å²) >= 11 is 5.26. The molecule has 0 unspecified atom stereocenters. The fraction of sp³-hybridized carbons (Fsp3) is 0. The minimum absolute atomic E-state index is 0.344. The maximum Gasteiger partial charge on any atom is 0.361 e. The molecule has 0 aliphatic rings. The summed E-state index contributed by atoms with van der Waals surface area (Å²) in [5.74, 6) is -1.52. The zero-order valence-corrected chi connectivity index (χ0v) is 6.72.